The fraction of sp³-hybridized carbons (Fsp3) is 0.444. The number of urea groups is 1. The van der Waals surface area contributed by atoms with Crippen LogP contribution in [-0.4, -0.2) is 29.5 Å². The van der Waals surface area contributed by atoms with E-state index in [1.54, 1.807) is 24.2 Å². The van der Waals surface area contributed by atoms with Crippen molar-refractivity contribution < 1.29 is 9.53 Å². The lowest BCUT2D eigenvalue weighted by molar-refractivity contribution is 0.183. The van der Waals surface area contributed by atoms with E-state index in [1.165, 1.54) is 5.56 Å². The number of nitrogens with one attached hydrogen (secondary N) is 2. The van der Waals surface area contributed by atoms with Crippen LogP contribution in [0.25, 0.3) is 0 Å². The molecule has 1 heterocycles. The Morgan fingerprint density at radius 2 is 2.04 bits per heavy atom. The van der Waals surface area contributed by atoms with Crippen molar-refractivity contribution in [1.82, 2.24) is 15.1 Å². The van der Waals surface area contributed by atoms with Gasteiger partial charge >= 0.3 is 6.03 Å². The number of rotatable bonds is 7. The predicted molar refractivity (Wildman–Crippen MR) is 95.2 cm³/mol. The molecular weight excluding hydrogens is 304 g/mol. The number of carbonyl (C=O) groups excluding carboxylic acids is 1. The van der Waals surface area contributed by atoms with E-state index in [0.717, 1.165) is 5.56 Å². The molecule has 1 aromatic heterocycles. The molecule has 0 fully saturated rings. The van der Waals surface area contributed by atoms with Gasteiger partial charge in [-0.2, -0.15) is 5.10 Å². The standard InChI is InChI=1S/C18H26N4O2/c1-13(2)15-6-5-7-16(10-15)14(3)20-18(23)21-17-11-19-22(12-17)8-9-24-4/h5-7,10-14H,8-9H2,1-4H3,(H2,20,21,23). The minimum atomic E-state index is -0.247. The Morgan fingerprint density at radius 3 is 2.75 bits per heavy atom. The van der Waals surface area contributed by atoms with Gasteiger partial charge in [-0.3, -0.25) is 4.68 Å². The number of anilines is 1. The van der Waals surface area contributed by atoms with Gasteiger partial charge in [-0.15, -0.1) is 0 Å². The summed E-state index contributed by atoms with van der Waals surface area (Å²) in [6.07, 6.45) is 3.40. The van der Waals surface area contributed by atoms with Crippen LogP contribution in [0.4, 0.5) is 10.5 Å². The third-order valence-corrected chi connectivity index (χ3v) is 3.84. The van der Waals surface area contributed by atoms with Gasteiger partial charge in [-0.05, 0) is 24.0 Å². The zero-order chi connectivity index (χ0) is 17.5. The van der Waals surface area contributed by atoms with Crippen molar-refractivity contribution in [2.45, 2.75) is 39.3 Å². The normalized spacial score (nSPS) is 12.2. The number of ether oxygens (including phenoxy) is 1. The Balaban J connectivity index is 1.91. The topological polar surface area (TPSA) is 68.2 Å². The average molecular weight is 330 g/mol. The SMILES string of the molecule is COCCn1cc(NC(=O)NC(C)c2cccc(C(C)C)c2)cn1. The molecule has 130 valence electrons. The summed E-state index contributed by atoms with van der Waals surface area (Å²) in [5.41, 5.74) is 3.01. The molecule has 0 aliphatic rings. The van der Waals surface area contributed by atoms with E-state index in [9.17, 15) is 4.79 Å². The van der Waals surface area contributed by atoms with Crippen molar-refractivity contribution >= 4 is 11.7 Å². The van der Waals surface area contributed by atoms with Gasteiger partial charge in [0.15, 0.2) is 0 Å². The molecular formula is C18H26N4O2. The number of benzene rings is 1. The van der Waals surface area contributed by atoms with Crippen molar-refractivity contribution in [2.24, 2.45) is 0 Å². The first-order chi connectivity index (χ1) is 11.5. The Labute approximate surface area is 143 Å². The van der Waals surface area contributed by atoms with Crippen LogP contribution in [0.5, 0.6) is 0 Å². The van der Waals surface area contributed by atoms with Gasteiger partial charge in [0.2, 0.25) is 0 Å². The van der Waals surface area contributed by atoms with Crippen molar-refractivity contribution in [1.29, 1.82) is 0 Å². The van der Waals surface area contributed by atoms with Crippen molar-refractivity contribution in [3.63, 3.8) is 0 Å². The molecule has 1 aromatic carbocycles. The van der Waals surface area contributed by atoms with Gasteiger partial charge in [-0.25, -0.2) is 4.79 Å². The van der Waals surface area contributed by atoms with Crippen molar-refractivity contribution in [2.75, 3.05) is 19.0 Å². The molecule has 0 bridgehead atoms. The van der Waals surface area contributed by atoms with E-state index in [1.807, 2.05) is 19.1 Å². The first-order valence-electron chi connectivity index (χ1n) is 8.18. The highest BCUT2D eigenvalue weighted by molar-refractivity contribution is 5.89. The molecule has 0 saturated heterocycles. The van der Waals surface area contributed by atoms with Crippen LogP contribution in [0.1, 0.15) is 43.9 Å². The summed E-state index contributed by atoms with van der Waals surface area (Å²) in [6.45, 7) is 7.52. The first kappa shape index (κ1) is 18.0. The van der Waals surface area contributed by atoms with Crippen LogP contribution in [-0.2, 0) is 11.3 Å². The molecule has 6 heteroatoms. The van der Waals surface area contributed by atoms with E-state index in [0.29, 0.717) is 24.8 Å². The fourth-order valence-corrected chi connectivity index (χ4v) is 2.37. The van der Waals surface area contributed by atoms with Gasteiger partial charge in [-0.1, -0.05) is 38.1 Å². The summed E-state index contributed by atoms with van der Waals surface area (Å²) >= 11 is 0. The van der Waals surface area contributed by atoms with Crippen LogP contribution in [0.15, 0.2) is 36.7 Å². The van der Waals surface area contributed by atoms with Crippen LogP contribution >= 0.6 is 0 Å². The molecule has 2 amide bonds. The predicted octanol–water partition coefficient (Wildman–Crippen LogP) is 3.54. The van der Waals surface area contributed by atoms with Gasteiger partial charge in [0.05, 0.1) is 31.1 Å². The number of nitrogens with zero attached hydrogens (tertiary/aromatic N) is 2. The van der Waals surface area contributed by atoms with Crippen molar-refractivity contribution in [3.05, 3.63) is 47.8 Å². The van der Waals surface area contributed by atoms with Crippen LogP contribution in [0, 0.1) is 0 Å². The summed E-state index contributed by atoms with van der Waals surface area (Å²) in [4.78, 5) is 12.2. The molecule has 0 aliphatic heterocycles. The van der Waals surface area contributed by atoms with E-state index in [4.69, 9.17) is 4.74 Å². The Morgan fingerprint density at radius 1 is 1.29 bits per heavy atom. The second-order valence-electron chi connectivity index (χ2n) is 6.13. The minimum Gasteiger partial charge on any atom is -0.383 e. The number of aromatic nitrogens is 2. The van der Waals surface area contributed by atoms with Gasteiger partial charge in [0.25, 0.3) is 0 Å². The lowest BCUT2D eigenvalue weighted by atomic mass is 9.98. The zero-order valence-electron chi connectivity index (χ0n) is 14.7. The molecule has 24 heavy (non-hydrogen) atoms. The van der Waals surface area contributed by atoms with Gasteiger partial charge in [0.1, 0.15) is 0 Å². The number of methoxy groups -OCH3 is 1. The number of amides is 2. The van der Waals surface area contributed by atoms with Crippen molar-refractivity contribution in [3.8, 4) is 0 Å². The molecule has 2 rings (SSSR count). The molecule has 2 N–H and O–H groups in total. The summed E-state index contributed by atoms with van der Waals surface area (Å²) < 4.78 is 6.73. The monoisotopic (exact) mass is 330 g/mol. The Bertz CT molecular complexity index is 667. The minimum absolute atomic E-state index is 0.0766. The van der Waals surface area contributed by atoms with Crippen LogP contribution in [0.3, 0.4) is 0 Å². The highest BCUT2D eigenvalue weighted by Gasteiger charge is 2.11. The second-order valence-corrected chi connectivity index (χ2v) is 6.13. The van der Waals surface area contributed by atoms with E-state index in [2.05, 4.69) is 41.7 Å². The third-order valence-electron chi connectivity index (χ3n) is 3.84. The number of hydrogen-bond acceptors (Lipinski definition) is 3. The molecule has 2 aromatic rings. The van der Waals surface area contributed by atoms with Gasteiger partial charge in [0, 0.05) is 13.3 Å². The fourth-order valence-electron chi connectivity index (χ4n) is 2.37. The maximum absolute atomic E-state index is 12.2. The third kappa shape index (κ3) is 5.09. The smallest absolute Gasteiger partial charge is 0.319 e. The summed E-state index contributed by atoms with van der Waals surface area (Å²) in [6, 6.07) is 7.98. The van der Waals surface area contributed by atoms with Gasteiger partial charge < -0.3 is 15.4 Å². The average Bonchev–Trinajstić information content (AvgIpc) is 3.00. The van der Waals surface area contributed by atoms with E-state index >= 15 is 0 Å². The molecule has 1 unspecified atom stereocenters. The molecule has 0 spiro atoms. The molecule has 0 saturated carbocycles. The quantitative estimate of drug-likeness (QED) is 0.816. The maximum Gasteiger partial charge on any atom is 0.319 e. The van der Waals surface area contributed by atoms with Crippen LogP contribution < -0.4 is 10.6 Å². The summed E-state index contributed by atoms with van der Waals surface area (Å²) in [5, 5.41) is 9.92. The number of carbonyl (C=O) groups is 1. The Hall–Kier alpha value is -2.34. The lowest BCUT2D eigenvalue weighted by Gasteiger charge is -2.16. The molecule has 6 nitrogen and oxygen atoms in total. The summed E-state index contributed by atoms with van der Waals surface area (Å²) in [7, 11) is 1.64. The first-order valence-corrected chi connectivity index (χ1v) is 8.18. The molecule has 0 aliphatic carbocycles. The molecule has 1 atom stereocenters. The second kappa shape index (κ2) is 8.49. The highest BCUT2D eigenvalue weighted by atomic mass is 16.5. The van der Waals surface area contributed by atoms with E-state index in [-0.39, 0.29) is 12.1 Å². The zero-order valence-corrected chi connectivity index (χ0v) is 14.7. The largest absolute Gasteiger partial charge is 0.383 e. The van der Waals surface area contributed by atoms with Crippen LogP contribution in [0.2, 0.25) is 0 Å². The van der Waals surface area contributed by atoms with E-state index < -0.39 is 0 Å². The lowest BCUT2D eigenvalue weighted by Crippen LogP contribution is -2.31. The summed E-state index contributed by atoms with van der Waals surface area (Å²) in [5.74, 6) is 0.462. The maximum atomic E-state index is 12.2. The number of hydrogen-bond donors (Lipinski definition) is 2. The molecule has 0 radical (unpaired) electrons. The highest BCUT2D eigenvalue weighted by Crippen LogP contribution is 2.20. The Kier molecular flexibility index (Phi) is 6.37.